The molecule has 0 bridgehead atoms. The van der Waals surface area contributed by atoms with Gasteiger partial charge in [0.1, 0.15) is 11.6 Å². The van der Waals surface area contributed by atoms with E-state index in [4.69, 9.17) is 33.2 Å². The lowest BCUT2D eigenvalue weighted by atomic mass is 10.0. The molecule has 32 heavy (non-hydrogen) atoms. The van der Waals surface area contributed by atoms with Gasteiger partial charge in [0.2, 0.25) is 0 Å². The van der Waals surface area contributed by atoms with Crippen molar-refractivity contribution in [2.45, 2.75) is 6.42 Å². The number of fused-ring (bicyclic) bond motifs is 1. The Kier molecular flexibility index (Phi) is 5.79. The average Bonchev–Trinajstić information content (AvgIpc) is 3.02. The number of carbonyl (C=O) groups excluding carboxylic acids is 2. The zero-order chi connectivity index (χ0) is 22.8. The fourth-order valence-corrected chi connectivity index (χ4v) is 3.78. The number of benzene rings is 2. The van der Waals surface area contributed by atoms with Crippen LogP contribution < -0.4 is 16.2 Å². The minimum atomic E-state index is -0.309. The van der Waals surface area contributed by atoms with Crippen LogP contribution in [0.2, 0.25) is 5.02 Å². The molecule has 2 amide bonds. The lowest BCUT2D eigenvalue weighted by Crippen LogP contribution is -2.31. The SMILES string of the molecule is N=C(N)c1cc(-c2ncccc2Cl)cc(OCCCN2C(=O)c3ccccc3C2=O)c1N. The second kappa shape index (κ2) is 8.68. The molecule has 3 aromatic rings. The largest absolute Gasteiger partial charge is 0.491 e. The topological polar surface area (TPSA) is 135 Å². The zero-order valence-electron chi connectivity index (χ0n) is 17.0. The van der Waals surface area contributed by atoms with Crippen LogP contribution in [0.15, 0.2) is 54.7 Å². The van der Waals surface area contributed by atoms with Crippen molar-refractivity contribution in [3.8, 4) is 17.0 Å². The molecule has 4 rings (SSSR count). The number of rotatable bonds is 7. The van der Waals surface area contributed by atoms with Crippen molar-refractivity contribution in [2.24, 2.45) is 5.73 Å². The summed E-state index contributed by atoms with van der Waals surface area (Å²) < 4.78 is 5.84. The number of anilines is 1. The minimum Gasteiger partial charge on any atom is -0.491 e. The Bertz CT molecular complexity index is 1210. The van der Waals surface area contributed by atoms with Gasteiger partial charge in [-0.05, 0) is 42.8 Å². The zero-order valence-corrected chi connectivity index (χ0v) is 17.7. The van der Waals surface area contributed by atoms with Gasteiger partial charge in [-0.2, -0.15) is 0 Å². The van der Waals surface area contributed by atoms with E-state index in [-0.39, 0.29) is 36.5 Å². The summed E-state index contributed by atoms with van der Waals surface area (Å²) in [6, 6.07) is 13.5. The molecule has 0 saturated carbocycles. The number of nitrogens with two attached hydrogens (primary N) is 2. The van der Waals surface area contributed by atoms with Crippen molar-refractivity contribution in [3.63, 3.8) is 0 Å². The molecule has 1 aliphatic heterocycles. The van der Waals surface area contributed by atoms with E-state index < -0.39 is 0 Å². The van der Waals surface area contributed by atoms with Crippen LogP contribution in [0.4, 0.5) is 5.69 Å². The van der Waals surface area contributed by atoms with E-state index in [0.29, 0.717) is 45.1 Å². The van der Waals surface area contributed by atoms with Crippen molar-refractivity contribution in [2.75, 3.05) is 18.9 Å². The van der Waals surface area contributed by atoms with Crippen LogP contribution in [-0.2, 0) is 0 Å². The minimum absolute atomic E-state index is 0.189. The molecule has 9 heteroatoms. The smallest absolute Gasteiger partial charge is 0.261 e. The number of nitrogens with one attached hydrogen (secondary N) is 1. The van der Waals surface area contributed by atoms with Gasteiger partial charge in [-0.15, -0.1) is 0 Å². The lowest BCUT2D eigenvalue weighted by Gasteiger charge is -2.16. The van der Waals surface area contributed by atoms with Crippen molar-refractivity contribution in [1.82, 2.24) is 9.88 Å². The van der Waals surface area contributed by atoms with Gasteiger partial charge in [0.05, 0.1) is 34.1 Å². The van der Waals surface area contributed by atoms with Crippen LogP contribution in [0, 0.1) is 5.41 Å². The van der Waals surface area contributed by atoms with E-state index >= 15 is 0 Å². The van der Waals surface area contributed by atoms with Crippen LogP contribution in [0.1, 0.15) is 32.7 Å². The summed E-state index contributed by atoms with van der Waals surface area (Å²) in [5.41, 5.74) is 14.3. The van der Waals surface area contributed by atoms with Gasteiger partial charge in [-0.25, -0.2) is 0 Å². The Hall–Kier alpha value is -3.91. The number of amides is 2. The quantitative estimate of drug-likeness (QED) is 0.166. The summed E-state index contributed by atoms with van der Waals surface area (Å²) in [5.74, 6) is -0.518. The highest BCUT2D eigenvalue weighted by molar-refractivity contribution is 6.33. The first kappa shape index (κ1) is 21.3. The third-order valence-corrected chi connectivity index (χ3v) is 5.43. The number of pyridine rings is 1. The summed E-state index contributed by atoms with van der Waals surface area (Å²) in [7, 11) is 0. The standard InChI is InChI=1S/C23H20ClN5O3/c24-17-7-3-8-28-20(17)13-11-16(21(26)27)19(25)18(12-13)32-10-4-9-29-22(30)14-5-1-2-6-15(14)23(29)31/h1-3,5-8,11-12H,4,9-10,25H2,(H3,26,27). The molecule has 0 aliphatic carbocycles. The van der Waals surface area contributed by atoms with Crippen molar-refractivity contribution in [3.05, 3.63) is 76.4 Å². The van der Waals surface area contributed by atoms with Crippen LogP contribution in [0.25, 0.3) is 11.3 Å². The van der Waals surface area contributed by atoms with Crippen LogP contribution in [-0.4, -0.2) is 40.7 Å². The maximum absolute atomic E-state index is 12.5. The summed E-state index contributed by atoms with van der Waals surface area (Å²) in [4.78, 5) is 30.4. The molecule has 0 spiro atoms. The number of aromatic nitrogens is 1. The number of ether oxygens (including phenoxy) is 1. The van der Waals surface area contributed by atoms with E-state index in [0.717, 1.165) is 0 Å². The Labute approximate surface area is 189 Å². The highest BCUT2D eigenvalue weighted by atomic mass is 35.5. The second-order valence-electron chi connectivity index (χ2n) is 7.19. The molecule has 0 unspecified atom stereocenters. The maximum atomic E-state index is 12.5. The molecule has 1 aromatic heterocycles. The highest BCUT2D eigenvalue weighted by Crippen LogP contribution is 2.34. The first-order chi connectivity index (χ1) is 15.4. The highest BCUT2D eigenvalue weighted by Gasteiger charge is 2.34. The fourth-order valence-electron chi connectivity index (χ4n) is 3.55. The van der Waals surface area contributed by atoms with E-state index in [1.807, 2.05) is 0 Å². The molecule has 2 aromatic carbocycles. The number of hydrogen-bond donors (Lipinski definition) is 3. The second-order valence-corrected chi connectivity index (χ2v) is 7.60. The third kappa shape index (κ3) is 3.88. The van der Waals surface area contributed by atoms with Crippen molar-refractivity contribution >= 4 is 34.9 Å². The molecule has 0 radical (unpaired) electrons. The van der Waals surface area contributed by atoms with Crippen LogP contribution >= 0.6 is 11.6 Å². The number of hydrogen-bond acceptors (Lipinski definition) is 6. The number of carbonyl (C=O) groups is 2. The first-order valence-corrected chi connectivity index (χ1v) is 10.2. The van der Waals surface area contributed by atoms with Gasteiger partial charge in [0, 0.05) is 23.9 Å². The Balaban J connectivity index is 1.49. The number of nitrogens with zero attached hydrogens (tertiary/aromatic N) is 2. The molecule has 162 valence electrons. The predicted octanol–water partition coefficient (Wildman–Crippen LogP) is 3.33. The van der Waals surface area contributed by atoms with Gasteiger partial charge in [-0.3, -0.25) is 24.9 Å². The predicted molar refractivity (Wildman–Crippen MR) is 122 cm³/mol. The molecular weight excluding hydrogens is 430 g/mol. The first-order valence-electron chi connectivity index (χ1n) is 9.85. The molecule has 8 nitrogen and oxygen atoms in total. The Morgan fingerprint density at radius 3 is 2.41 bits per heavy atom. The molecule has 0 atom stereocenters. The van der Waals surface area contributed by atoms with Gasteiger partial charge < -0.3 is 16.2 Å². The normalized spacial score (nSPS) is 12.7. The number of amidine groups is 1. The van der Waals surface area contributed by atoms with E-state index in [1.165, 1.54) is 4.90 Å². The number of imide groups is 1. The number of halogens is 1. The summed E-state index contributed by atoms with van der Waals surface area (Å²) in [5, 5.41) is 8.26. The van der Waals surface area contributed by atoms with E-state index in [1.54, 1.807) is 54.7 Å². The molecular formula is C23H20ClN5O3. The van der Waals surface area contributed by atoms with Gasteiger partial charge in [0.25, 0.3) is 11.8 Å². The van der Waals surface area contributed by atoms with Gasteiger partial charge >= 0.3 is 0 Å². The van der Waals surface area contributed by atoms with Crippen molar-refractivity contribution in [1.29, 1.82) is 5.41 Å². The summed E-state index contributed by atoms with van der Waals surface area (Å²) in [6.45, 7) is 0.395. The lowest BCUT2D eigenvalue weighted by molar-refractivity contribution is 0.0647. The molecule has 1 aliphatic rings. The fraction of sp³-hybridized carbons (Fsp3) is 0.130. The van der Waals surface area contributed by atoms with E-state index in [2.05, 4.69) is 4.98 Å². The number of nitrogen functional groups attached to an aromatic ring is 2. The summed E-state index contributed by atoms with van der Waals surface area (Å²) in [6.07, 6.45) is 2.00. The molecule has 0 saturated heterocycles. The summed E-state index contributed by atoms with van der Waals surface area (Å²) >= 11 is 6.26. The van der Waals surface area contributed by atoms with Crippen LogP contribution in [0.3, 0.4) is 0 Å². The molecule has 2 heterocycles. The monoisotopic (exact) mass is 449 g/mol. The Morgan fingerprint density at radius 1 is 1.09 bits per heavy atom. The van der Waals surface area contributed by atoms with Crippen LogP contribution in [0.5, 0.6) is 5.75 Å². The van der Waals surface area contributed by atoms with Gasteiger partial charge in [-0.1, -0.05) is 23.7 Å². The molecule has 0 fully saturated rings. The average molecular weight is 450 g/mol. The van der Waals surface area contributed by atoms with Gasteiger partial charge in [0.15, 0.2) is 0 Å². The third-order valence-electron chi connectivity index (χ3n) is 5.13. The van der Waals surface area contributed by atoms with Crippen molar-refractivity contribution < 1.29 is 14.3 Å². The maximum Gasteiger partial charge on any atom is 0.261 e. The molecule has 5 N–H and O–H groups in total. The Morgan fingerprint density at radius 2 is 1.78 bits per heavy atom. The van der Waals surface area contributed by atoms with E-state index in [9.17, 15) is 9.59 Å².